The molecule has 4 nitrogen and oxygen atoms in total. The Labute approximate surface area is 138 Å². The van der Waals surface area contributed by atoms with E-state index in [1.54, 1.807) is 0 Å². The van der Waals surface area contributed by atoms with Crippen LogP contribution in [0, 0.1) is 5.82 Å². The van der Waals surface area contributed by atoms with E-state index in [0.717, 1.165) is 10.2 Å². The van der Waals surface area contributed by atoms with E-state index in [-0.39, 0.29) is 18.3 Å². The molecule has 3 aromatic rings. The summed E-state index contributed by atoms with van der Waals surface area (Å²) in [4.78, 5) is 16.2. The van der Waals surface area contributed by atoms with Gasteiger partial charge >= 0.3 is 0 Å². The monoisotopic (exact) mass is 380 g/mol. The fraction of sp³-hybridized carbons (Fsp3) is 0.0667. The second-order valence-electron chi connectivity index (χ2n) is 4.40. The largest absolute Gasteiger partial charge is 0.483 e. The fourth-order valence-electron chi connectivity index (χ4n) is 1.82. The molecule has 3 rings (SSSR count). The molecule has 0 radical (unpaired) electrons. The normalized spacial score (nSPS) is 10.6. The summed E-state index contributed by atoms with van der Waals surface area (Å²) in [6.45, 7) is -0.180. The highest BCUT2D eigenvalue weighted by atomic mass is 79.9. The van der Waals surface area contributed by atoms with Gasteiger partial charge in [0, 0.05) is 0 Å². The first-order valence-corrected chi connectivity index (χ1v) is 7.96. The number of carbonyl (C=O) groups is 1. The lowest BCUT2D eigenvalue weighted by Crippen LogP contribution is -2.20. The average molecular weight is 381 g/mol. The number of halogens is 2. The van der Waals surface area contributed by atoms with E-state index in [1.165, 1.54) is 29.5 Å². The number of rotatable bonds is 4. The third-order valence-electron chi connectivity index (χ3n) is 2.79. The van der Waals surface area contributed by atoms with Crippen LogP contribution in [0.2, 0.25) is 0 Å². The predicted molar refractivity (Wildman–Crippen MR) is 87.8 cm³/mol. The second kappa shape index (κ2) is 6.41. The standard InChI is InChI=1S/C15H10BrFN2O2S/c16-10-7-9(17)5-6-12(10)21-8-14(20)19-15-18-11-3-1-2-4-13(11)22-15/h1-7H,8H2,(H,18,19,20). The summed E-state index contributed by atoms with van der Waals surface area (Å²) in [6, 6.07) is 11.6. The summed E-state index contributed by atoms with van der Waals surface area (Å²) in [5, 5.41) is 3.21. The molecular formula is C15H10BrFN2O2S. The second-order valence-corrected chi connectivity index (χ2v) is 6.28. The molecule has 112 valence electrons. The van der Waals surface area contributed by atoms with E-state index in [1.807, 2.05) is 24.3 Å². The number of nitrogens with one attached hydrogen (secondary N) is 1. The first-order chi connectivity index (χ1) is 10.6. The molecule has 0 spiro atoms. The number of hydrogen-bond acceptors (Lipinski definition) is 4. The van der Waals surface area contributed by atoms with E-state index in [4.69, 9.17) is 4.74 Å². The van der Waals surface area contributed by atoms with Crippen molar-refractivity contribution in [3.05, 3.63) is 52.8 Å². The van der Waals surface area contributed by atoms with Crippen LogP contribution < -0.4 is 10.1 Å². The van der Waals surface area contributed by atoms with Gasteiger partial charge in [0.2, 0.25) is 0 Å². The number of para-hydroxylation sites is 1. The minimum absolute atomic E-state index is 0.180. The van der Waals surface area contributed by atoms with E-state index >= 15 is 0 Å². The zero-order chi connectivity index (χ0) is 15.5. The number of fused-ring (bicyclic) bond motifs is 1. The Kier molecular flexibility index (Phi) is 4.35. The van der Waals surface area contributed by atoms with E-state index in [2.05, 4.69) is 26.2 Å². The van der Waals surface area contributed by atoms with Gasteiger partial charge in [-0.3, -0.25) is 10.1 Å². The van der Waals surface area contributed by atoms with Crippen LogP contribution in [0.5, 0.6) is 5.75 Å². The van der Waals surface area contributed by atoms with Crippen LogP contribution in [0.4, 0.5) is 9.52 Å². The molecule has 0 bridgehead atoms. The number of ether oxygens (including phenoxy) is 1. The van der Waals surface area contributed by atoms with Crippen LogP contribution in [-0.4, -0.2) is 17.5 Å². The molecule has 0 saturated carbocycles. The lowest BCUT2D eigenvalue weighted by molar-refractivity contribution is -0.118. The molecule has 0 fully saturated rings. The molecule has 0 aliphatic carbocycles. The number of amides is 1. The van der Waals surface area contributed by atoms with Crippen LogP contribution in [0.1, 0.15) is 0 Å². The van der Waals surface area contributed by atoms with Crippen molar-refractivity contribution in [1.82, 2.24) is 4.98 Å². The van der Waals surface area contributed by atoms with Crippen LogP contribution >= 0.6 is 27.3 Å². The molecule has 7 heteroatoms. The van der Waals surface area contributed by atoms with E-state index < -0.39 is 0 Å². The first kappa shape index (κ1) is 14.9. The minimum atomic E-state index is -0.377. The van der Waals surface area contributed by atoms with Crippen molar-refractivity contribution in [1.29, 1.82) is 0 Å². The topological polar surface area (TPSA) is 51.2 Å². The Hall–Kier alpha value is -1.99. The lowest BCUT2D eigenvalue weighted by Gasteiger charge is -2.07. The first-order valence-electron chi connectivity index (χ1n) is 6.35. The Balaban J connectivity index is 1.62. The Morgan fingerprint density at radius 3 is 2.91 bits per heavy atom. The van der Waals surface area contributed by atoms with Gasteiger partial charge in [-0.05, 0) is 46.3 Å². The number of carbonyl (C=O) groups excluding carboxylic acids is 1. The average Bonchev–Trinajstić information content (AvgIpc) is 2.88. The minimum Gasteiger partial charge on any atom is -0.483 e. The number of benzene rings is 2. The lowest BCUT2D eigenvalue weighted by atomic mass is 10.3. The fourth-order valence-corrected chi connectivity index (χ4v) is 3.16. The van der Waals surface area contributed by atoms with Crippen LogP contribution in [0.3, 0.4) is 0 Å². The number of aromatic nitrogens is 1. The molecule has 0 aliphatic rings. The van der Waals surface area contributed by atoms with Gasteiger partial charge in [-0.2, -0.15) is 0 Å². The molecule has 22 heavy (non-hydrogen) atoms. The van der Waals surface area contributed by atoms with Crippen molar-refractivity contribution in [2.75, 3.05) is 11.9 Å². The number of anilines is 1. The Bertz CT molecular complexity index is 804. The Morgan fingerprint density at radius 2 is 2.14 bits per heavy atom. The molecule has 1 heterocycles. The quantitative estimate of drug-likeness (QED) is 0.737. The molecular weight excluding hydrogens is 371 g/mol. The number of hydrogen-bond donors (Lipinski definition) is 1. The SMILES string of the molecule is O=C(COc1ccc(F)cc1Br)Nc1nc2ccccc2s1. The van der Waals surface area contributed by atoms with Gasteiger partial charge in [0.25, 0.3) is 5.91 Å². The summed E-state index contributed by atoms with van der Waals surface area (Å²) in [5.41, 5.74) is 0.838. The van der Waals surface area contributed by atoms with Gasteiger partial charge in [-0.15, -0.1) is 0 Å². The van der Waals surface area contributed by atoms with Gasteiger partial charge in [0.1, 0.15) is 11.6 Å². The Morgan fingerprint density at radius 1 is 1.32 bits per heavy atom. The van der Waals surface area contributed by atoms with Gasteiger partial charge < -0.3 is 4.74 Å². The zero-order valence-corrected chi connectivity index (χ0v) is 13.6. The van der Waals surface area contributed by atoms with Crippen molar-refractivity contribution in [2.45, 2.75) is 0 Å². The molecule has 2 aromatic carbocycles. The highest BCUT2D eigenvalue weighted by molar-refractivity contribution is 9.10. The van der Waals surface area contributed by atoms with Crippen molar-refractivity contribution >= 4 is 48.5 Å². The van der Waals surface area contributed by atoms with Crippen LogP contribution in [-0.2, 0) is 4.79 Å². The zero-order valence-electron chi connectivity index (χ0n) is 11.2. The summed E-state index contributed by atoms with van der Waals surface area (Å²) in [6.07, 6.45) is 0. The van der Waals surface area contributed by atoms with E-state index in [0.29, 0.717) is 15.4 Å². The maximum absolute atomic E-state index is 13.0. The number of nitrogens with zero attached hydrogens (tertiary/aromatic N) is 1. The molecule has 1 amide bonds. The van der Waals surface area contributed by atoms with Crippen molar-refractivity contribution in [2.24, 2.45) is 0 Å². The summed E-state index contributed by atoms with van der Waals surface area (Å²) in [5.74, 6) is -0.297. The third kappa shape index (κ3) is 3.42. The predicted octanol–water partition coefficient (Wildman–Crippen LogP) is 4.22. The molecule has 0 atom stereocenters. The smallest absolute Gasteiger partial charge is 0.264 e. The van der Waals surface area contributed by atoms with Crippen LogP contribution in [0.15, 0.2) is 46.9 Å². The van der Waals surface area contributed by atoms with Gasteiger partial charge in [0.05, 0.1) is 14.7 Å². The van der Waals surface area contributed by atoms with Crippen LogP contribution in [0.25, 0.3) is 10.2 Å². The van der Waals surface area contributed by atoms with E-state index in [9.17, 15) is 9.18 Å². The summed E-state index contributed by atoms with van der Waals surface area (Å²) >= 11 is 4.58. The molecule has 0 saturated heterocycles. The van der Waals surface area contributed by atoms with Gasteiger partial charge in [-0.1, -0.05) is 23.5 Å². The van der Waals surface area contributed by atoms with Crippen molar-refractivity contribution < 1.29 is 13.9 Å². The molecule has 1 N–H and O–H groups in total. The maximum atomic E-state index is 13.0. The summed E-state index contributed by atoms with van der Waals surface area (Å²) in [7, 11) is 0. The summed E-state index contributed by atoms with van der Waals surface area (Å²) < 4.78 is 19.8. The molecule has 0 unspecified atom stereocenters. The number of thiazole rings is 1. The molecule has 0 aliphatic heterocycles. The molecule has 1 aromatic heterocycles. The highest BCUT2D eigenvalue weighted by Gasteiger charge is 2.09. The van der Waals surface area contributed by atoms with Gasteiger partial charge in [-0.25, -0.2) is 9.37 Å². The third-order valence-corrected chi connectivity index (χ3v) is 4.36. The maximum Gasteiger partial charge on any atom is 0.264 e. The highest BCUT2D eigenvalue weighted by Crippen LogP contribution is 2.26. The van der Waals surface area contributed by atoms with Crippen molar-refractivity contribution in [3.63, 3.8) is 0 Å². The van der Waals surface area contributed by atoms with Gasteiger partial charge in [0.15, 0.2) is 11.7 Å². The van der Waals surface area contributed by atoms with Crippen molar-refractivity contribution in [3.8, 4) is 5.75 Å².